The van der Waals surface area contributed by atoms with Gasteiger partial charge in [-0.2, -0.15) is 5.26 Å². The van der Waals surface area contributed by atoms with Crippen molar-refractivity contribution in [1.82, 2.24) is 9.97 Å². The molecule has 0 bridgehead atoms. The van der Waals surface area contributed by atoms with Crippen LogP contribution in [-0.2, 0) is 14.6 Å². The van der Waals surface area contributed by atoms with Crippen LogP contribution in [0.15, 0.2) is 47.4 Å². The Hall–Kier alpha value is -3.02. The molecule has 1 aliphatic heterocycles. The van der Waals surface area contributed by atoms with E-state index in [0.717, 1.165) is 5.56 Å². The number of para-hydroxylation sites is 2. The number of aromatic nitrogens is 2. The quantitative estimate of drug-likeness (QED) is 0.595. The van der Waals surface area contributed by atoms with Crippen LogP contribution < -0.4 is 4.90 Å². The normalized spacial score (nSPS) is 20.2. The van der Waals surface area contributed by atoms with Gasteiger partial charge in [0.05, 0.1) is 34.2 Å². The number of aryl methyl sites for hydroxylation is 2. The Balaban J connectivity index is 1.93. The van der Waals surface area contributed by atoms with E-state index >= 15 is 0 Å². The fourth-order valence-corrected chi connectivity index (χ4v) is 5.89. The van der Waals surface area contributed by atoms with Crippen molar-refractivity contribution in [2.24, 2.45) is 0 Å². The van der Waals surface area contributed by atoms with Crippen LogP contribution in [0.5, 0.6) is 0 Å². The maximum atomic E-state index is 13.7. The first kappa shape index (κ1) is 22.2. The lowest BCUT2D eigenvalue weighted by atomic mass is 10.2. The molecule has 166 valence electrons. The van der Waals surface area contributed by atoms with Gasteiger partial charge < -0.3 is 9.64 Å². The second kappa shape index (κ2) is 8.49. The van der Waals surface area contributed by atoms with Gasteiger partial charge in [0.2, 0.25) is 9.84 Å². The molecule has 2 heterocycles. The monoisotopic (exact) mass is 450 g/mol. The predicted octanol–water partition coefficient (Wildman–Crippen LogP) is 3.90. The summed E-state index contributed by atoms with van der Waals surface area (Å²) in [4.78, 5) is 11.6. The van der Waals surface area contributed by atoms with E-state index in [1.807, 2.05) is 56.0 Å². The van der Waals surface area contributed by atoms with E-state index in [9.17, 15) is 13.7 Å². The number of morpholine rings is 1. The molecule has 0 radical (unpaired) electrons. The van der Waals surface area contributed by atoms with Crippen molar-refractivity contribution < 1.29 is 13.2 Å². The number of hydrogen-bond acceptors (Lipinski definition) is 7. The lowest BCUT2D eigenvalue weighted by Crippen LogP contribution is -2.46. The first-order chi connectivity index (χ1) is 15.2. The van der Waals surface area contributed by atoms with Crippen LogP contribution in [-0.4, -0.2) is 43.7 Å². The molecule has 0 unspecified atom stereocenters. The number of nitrogens with zero attached hydrogens (tertiary/aromatic N) is 4. The van der Waals surface area contributed by atoms with Gasteiger partial charge in [-0.3, -0.25) is 0 Å². The van der Waals surface area contributed by atoms with Gasteiger partial charge in [-0.15, -0.1) is 0 Å². The van der Waals surface area contributed by atoms with Gasteiger partial charge in [-0.25, -0.2) is 18.4 Å². The number of ether oxygens (including phenoxy) is 1. The SMILES string of the molecule is Cc1ccc(C)c(S(=O)(=O)[C@H](C#N)c2nc3ccccc3nc2N2C[C@@H](C)O[C@H](C)C2)c1. The summed E-state index contributed by atoms with van der Waals surface area (Å²) < 4.78 is 33.3. The minimum absolute atomic E-state index is 0.0592. The summed E-state index contributed by atoms with van der Waals surface area (Å²) >= 11 is 0. The topological polar surface area (TPSA) is 96.2 Å². The minimum atomic E-state index is -4.04. The Morgan fingerprint density at radius 3 is 2.31 bits per heavy atom. The molecule has 7 nitrogen and oxygen atoms in total. The number of fused-ring (bicyclic) bond motifs is 1. The molecular formula is C24H26N4O3S. The Labute approximate surface area is 188 Å². The van der Waals surface area contributed by atoms with E-state index < -0.39 is 15.1 Å². The summed E-state index contributed by atoms with van der Waals surface area (Å²) in [6, 6.07) is 14.5. The number of nitriles is 1. The highest BCUT2D eigenvalue weighted by atomic mass is 32.2. The van der Waals surface area contributed by atoms with E-state index in [1.54, 1.807) is 25.1 Å². The molecule has 3 atom stereocenters. The third-order valence-corrected chi connectivity index (χ3v) is 7.63. The zero-order valence-electron chi connectivity index (χ0n) is 18.6. The van der Waals surface area contributed by atoms with Gasteiger partial charge >= 0.3 is 0 Å². The zero-order chi connectivity index (χ0) is 23.0. The number of rotatable bonds is 4. The van der Waals surface area contributed by atoms with Crippen LogP contribution in [0.3, 0.4) is 0 Å². The summed E-state index contributed by atoms with van der Waals surface area (Å²) in [5.74, 6) is 0.422. The molecule has 4 rings (SSSR count). The van der Waals surface area contributed by atoms with Crippen LogP contribution in [0.1, 0.15) is 35.9 Å². The summed E-state index contributed by atoms with van der Waals surface area (Å²) in [5.41, 5.74) is 2.77. The van der Waals surface area contributed by atoms with Crippen LogP contribution in [0.2, 0.25) is 0 Å². The highest BCUT2D eigenvalue weighted by molar-refractivity contribution is 7.92. The molecular weight excluding hydrogens is 424 g/mol. The summed E-state index contributed by atoms with van der Waals surface area (Å²) in [6.45, 7) is 8.56. The number of sulfone groups is 1. The van der Waals surface area contributed by atoms with Gasteiger partial charge in [0.1, 0.15) is 5.69 Å². The summed E-state index contributed by atoms with van der Waals surface area (Å²) in [5, 5.41) is 8.61. The lowest BCUT2D eigenvalue weighted by Gasteiger charge is -2.37. The molecule has 3 aromatic rings. The van der Waals surface area contributed by atoms with Crippen LogP contribution in [0.4, 0.5) is 5.82 Å². The van der Waals surface area contributed by atoms with Gasteiger partial charge in [-0.05, 0) is 57.0 Å². The second-order valence-corrected chi connectivity index (χ2v) is 10.4. The number of anilines is 1. The molecule has 0 spiro atoms. The fraction of sp³-hybridized carbons (Fsp3) is 0.375. The second-order valence-electron chi connectivity index (χ2n) is 8.41. The number of benzene rings is 2. The molecule has 1 saturated heterocycles. The van der Waals surface area contributed by atoms with Crippen molar-refractivity contribution in [3.63, 3.8) is 0 Å². The lowest BCUT2D eigenvalue weighted by molar-refractivity contribution is -0.00550. The number of hydrogen-bond donors (Lipinski definition) is 0. The highest BCUT2D eigenvalue weighted by Gasteiger charge is 2.37. The molecule has 0 saturated carbocycles. The van der Waals surface area contributed by atoms with E-state index in [0.29, 0.717) is 35.5 Å². The van der Waals surface area contributed by atoms with E-state index in [2.05, 4.69) is 4.98 Å². The van der Waals surface area contributed by atoms with Crippen molar-refractivity contribution >= 4 is 26.7 Å². The molecule has 1 aliphatic rings. The Morgan fingerprint density at radius 2 is 1.69 bits per heavy atom. The third-order valence-electron chi connectivity index (χ3n) is 5.62. The first-order valence-corrected chi connectivity index (χ1v) is 12.1. The largest absolute Gasteiger partial charge is 0.372 e. The highest BCUT2D eigenvalue weighted by Crippen LogP contribution is 2.36. The predicted molar refractivity (Wildman–Crippen MR) is 123 cm³/mol. The Kier molecular flexibility index (Phi) is 5.89. The molecule has 1 fully saturated rings. The summed E-state index contributed by atoms with van der Waals surface area (Å²) in [6.07, 6.45) is -0.118. The molecule has 32 heavy (non-hydrogen) atoms. The van der Waals surface area contributed by atoms with Crippen molar-refractivity contribution in [2.75, 3.05) is 18.0 Å². The minimum Gasteiger partial charge on any atom is -0.372 e. The standard InChI is InChI=1S/C24H26N4O3S/c1-15-9-10-16(2)21(11-15)32(29,30)22(12-25)23-24(28-13-17(3)31-18(4)14-28)27-20-8-6-5-7-19(20)26-23/h5-11,17-18,22H,13-14H2,1-4H3/t17-,18-,22-/m1/s1. The van der Waals surface area contributed by atoms with Gasteiger partial charge in [0, 0.05) is 13.1 Å². The van der Waals surface area contributed by atoms with E-state index in [1.165, 1.54) is 0 Å². The Bertz CT molecular complexity index is 1310. The average Bonchev–Trinajstić information content (AvgIpc) is 2.74. The summed E-state index contributed by atoms with van der Waals surface area (Å²) in [7, 11) is -4.04. The average molecular weight is 451 g/mol. The molecule has 0 amide bonds. The smallest absolute Gasteiger partial charge is 0.200 e. The molecule has 1 aromatic heterocycles. The molecule has 8 heteroatoms. The van der Waals surface area contributed by atoms with E-state index in [-0.39, 0.29) is 22.8 Å². The van der Waals surface area contributed by atoms with Gasteiger partial charge in [0.15, 0.2) is 11.1 Å². The fourth-order valence-electron chi connectivity index (χ4n) is 4.18. The Morgan fingerprint density at radius 1 is 1.06 bits per heavy atom. The van der Waals surface area contributed by atoms with Crippen molar-refractivity contribution in [1.29, 1.82) is 5.26 Å². The molecule has 0 aliphatic carbocycles. The van der Waals surface area contributed by atoms with Crippen molar-refractivity contribution in [3.8, 4) is 6.07 Å². The van der Waals surface area contributed by atoms with Crippen LogP contribution >= 0.6 is 0 Å². The molecule has 0 N–H and O–H groups in total. The molecule has 2 aromatic carbocycles. The third kappa shape index (κ3) is 4.06. The van der Waals surface area contributed by atoms with Crippen molar-refractivity contribution in [3.05, 3.63) is 59.3 Å². The van der Waals surface area contributed by atoms with Crippen LogP contribution in [0, 0.1) is 25.2 Å². The van der Waals surface area contributed by atoms with Gasteiger partial charge in [-0.1, -0.05) is 24.3 Å². The zero-order valence-corrected chi connectivity index (χ0v) is 19.4. The van der Waals surface area contributed by atoms with Gasteiger partial charge in [0.25, 0.3) is 0 Å². The van der Waals surface area contributed by atoms with Crippen molar-refractivity contribution in [2.45, 2.75) is 50.0 Å². The van der Waals surface area contributed by atoms with Crippen LogP contribution in [0.25, 0.3) is 11.0 Å². The van der Waals surface area contributed by atoms with E-state index in [4.69, 9.17) is 9.72 Å². The maximum absolute atomic E-state index is 13.7. The maximum Gasteiger partial charge on any atom is 0.200 e. The first-order valence-electron chi connectivity index (χ1n) is 10.6.